The molecular weight excluding hydrogens is 230 g/mol. The molecule has 18 heavy (non-hydrogen) atoms. The number of nitrogens with zero attached hydrogens (tertiary/aromatic N) is 4. The van der Waals surface area contributed by atoms with Crippen LogP contribution in [0.4, 0.5) is 5.88 Å². The van der Waals surface area contributed by atoms with Crippen molar-refractivity contribution in [3.05, 3.63) is 30.3 Å². The molecule has 0 amide bonds. The van der Waals surface area contributed by atoms with Gasteiger partial charge in [-0.1, -0.05) is 6.92 Å². The van der Waals surface area contributed by atoms with Crippen LogP contribution in [0.25, 0.3) is 0 Å². The molecule has 1 N–H and O–H groups in total. The Morgan fingerprint density at radius 2 is 2.44 bits per heavy atom. The van der Waals surface area contributed by atoms with Gasteiger partial charge in [0.15, 0.2) is 5.89 Å². The van der Waals surface area contributed by atoms with E-state index in [1.807, 2.05) is 23.8 Å². The van der Waals surface area contributed by atoms with Gasteiger partial charge in [0.05, 0.1) is 6.33 Å². The Morgan fingerprint density at radius 1 is 1.56 bits per heavy atom. The van der Waals surface area contributed by atoms with Crippen LogP contribution < -0.4 is 5.32 Å². The van der Waals surface area contributed by atoms with Gasteiger partial charge in [0.25, 0.3) is 0 Å². The van der Waals surface area contributed by atoms with Crippen LogP contribution in [0.3, 0.4) is 0 Å². The van der Waals surface area contributed by atoms with Crippen molar-refractivity contribution in [2.24, 2.45) is 0 Å². The Kier molecular flexibility index (Phi) is 3.97. The number of rotatable bonds is 6. The summed E-state index contributed by atoms with van der Waals surface area (Å²) in [6.07, 6.45) is 7.06. The highest BCUT2D eigenvalue weighted by Crippen LogP contribution is 2.16. The smallest absolute Gasteiger partial charge is 0.232 e. The molecule has 6 nitrogen and oxygen atoms in total. The summed E-state index contributed by atoms with van der Waals surface area (Å²) in [5, 5.41) is 12.0. The second kappa shape index (κ2) is 5.87. The fourth-order valence-electron chi connectivity index (χ4n) is 1.59. The first-order valence-corrected chi connectivity index (χ1v) is 5.93. The Hall–Kier alpha value is -2.29. The molecule has 2 aromatic rings. The van der Waals surface area contributed by atoms with Gasteiger partial charge in [-0.3, -0.25) is 0 Å². The fraction of sp³-hybridized carbons (Fsp3) is 0.417. The summed E-state index contributed by atoms with van der Waals surface area (Å²) >= 11 is 0. The lowest BCUT2D eigenvalue weighted by Gasteiger charge is -2.03. The molecule has 0 bridgehead atoms. The fourth-order valence-corrected chi connectivity index (χ4v) is 1.59. The molecule has 0 atom stereocenters. The minimum Gasteiger partial charge on any atom is -0.424 e. The van der Waals surface area contributed by atoms with Crippen LogP contribution in [-0.4, -0.2) is 21.1 Å². The summed E-state index contributed by atoms with van der Waals surface area (Å²) in [4.78, 5) is 8.04. The number of hydrogen-bond donors (Lipinski definition) is 1. The topological polar surface area (TPSA) is 79.7 Å². The van der Waals surface area contributed by atoms with Crippen LogP contribution in [0.2, 0.25) is 0 Å². The van der Waals surface area contributed by atoms with Crippen LogP contribution in [0.5, 0.6) is 0 Å². The Balaban J connectivity index is 1.83. The molecule has 6 heteroatoms. The average molecular weight is 245 g/mol. The molecule has 0 aliphatic heterocycles. The first-order valence-electron chi connectivity index (χ1n) is 5.93. The highest BCUT2D eigenvalue weighted by molar-refractivity contribution is 5.45. The summed E-state index contributed by atoms with van der Waals surface area (Å²) < 4.78 is 7.43. The Bertz CT molecular complexity index is 523. The lowest BCUT2D eigenvalue weighted by Crippen LogP contribution is -2.06. The van der Waals surface area contributed by atoms with E-state index < -0.39 is 0 Å². The van der Waals surface area contributed by atoms with Crippen molar-refractivity contribution in [3.8, 4) is 6.07 Å². The van der Waals surface area contributed by atoms with Crippen LogP contribution in [0.1, 0.15) is 24.9 Å². The molecule has 0 saturated carbocycles. The van der Waals surface area contributed by atoms with Gasteiger partial charge >= 0.3 is 0 Å². The normalized spacial score (nSPS) is 10.2. The Labute approximate surface area is 105 Å². The van der Waals surface area contributed by atoms with E-state index in [0.717, 1.165) is 19.5 Å². The van der Waals surface area contributed by atoms with Crippen LogP contribution in [0.15, 0.2) is 23.1 Å². The maximum absolute atomic E-state index is 8.91. The SMILES string of the molecule is CCc1nc(C#N)c(NCCCn2ccnc2)o1. The maximum Gasteiger partial charge on any atom is 0.232 e. The van der Waals surface area contributed by atoms with Crippen LogP contribution in [0, 0.1) is 11.3 Å². The second-order valence-corrected chi connectivity index (χ2v) is 3.83. The van der Waals surface area contributed by atoms with Crippen LogP contribution in [-0.2, 0) is 13.0 Å². The monoisotopic (exact) mass is 245 g/mol. The second-order valence-electron chi connectivity index (χ2n) is 3.83. The number of hydrogen-bond acceptors (Lipinski definition) is 5. The van der Waals surface area contributed by atoms with Gasteiger partial charge in [-0.25, -0.2) is 9.97 Å². The molecule has 2 aromatic heterocycles. The zero-order valence-electron chi connectivity index (χ0n) is 10.3. The van der Waals surface area contributed by atoms with Crippen molar-refractivity contribution in [1.82, 2.24) is 14.5 Å². The standard InChI is InChI=1S/C12H15N5O/c1-2-11-16-10(8-13)12(18-11)15-4-3-6-17-7-5-14-9-17/h5,7,9,15H,2-4,6H2,1H3. The van der Waals surface area contributed by atoms with Crippen molar-refractivity contribution in [2.45, 2.75) is 26.3 Å². The molecule has 0 saturated heterocycles. The van der Waals surface area contributed by atoms with Crippen molar-refractivity contribution >= 4 is 5.88 Å². The van der Waals surface area contributed by atoms with Gasteiger partial charge in [0.2, 0.25) is 11.6 Å². The van der Waals surface area contributed by atoms with E-state index >= 15 is 0 Å². The van der Waals surface area contributed by atoms with Crippen LogP contribution >= 0.6 is 0 Å². The molecule has 0 aromatic carbocycles. The zero-order valence-corrected chi connectivity index (χ0v) is 10.3. The van der Waals surface area contributed by atoms with Crippen molar-refractivity contribution in [2.75, 3.05) is 11.9 Å². The summed E-state index contributed by atoms with van der Waals surface area (Å²) in [5.74, 6) is 1.06. The first-order chi connectivity index (χ1) is 8.83. The van der Waals surface area contributed by atoms with Crippen molar-refractivity contribution in [1.29, 1.82) is 5.26 Å². The van der Waals surface area contributed by atoms with E-state index in [1.54, 1.807) is 12.5 Å². The molecular formula is C12H15N5O. The minimum atomic E-state index is 0.328. The van der Waals surface area contributed by atoms with E-state index in [2.05, 4.69) is 15.3 Å². The van der Waals surface area contributed by atoms with Gasteiger partial charge in [0, 0.05) is 31.9 Å². The number of anilines is 1. The molecule has 0 unspecified atom stereocenters. The molecule has 2 rings (SSSR count). The highest BCUT2D eigenvalue weighted by Gasteiger charge is 2.10. The third-order valence-corrected chi connectivity index (χ3v) is 2.52. The number of imidazole rings is 1. The largest absolute Gasteiger partial charge is 0.424 e. The van der Waals surface area contributed by atoms with E-state index in [0.29, 0.717) is 23.9 Å². The number of oxazole rings is 1. The number of nitrogens with one attached hydrogen (secondary N) is 1. The summed E-state index contributed by atoms with van der Waals surface area (Å²) in [6, 6.07) is 2.02. The first kappa shape index (κ1) is 12.2. The average Bonchev–Trinajstić information content (AvgIpc) is 3.03. The minimum absolute atomic E-state index is 0.328. The molecule has 0 aliphatic carbocycles. The van der Waals surface area contributed by atoms with E-state index in [-0.39, 0.29) is 0 Å². The van der Waals surface area contributed by atoms with Gasteiger partial charge in [-0.05, 0) is 6.42 Å². The molecule has 0 radical (unpaired) electrons. The summed E-state index contributed by atoms with van der Waals surface area (Å²) in [7, 11) is 0. The molecule has 2 heterocycles. The number of aromatic nitrogens is 3. The Morgan fingerprint density at radius 3 is 3.11 bits per heavy atom. The molecule has 0 fully saturated rings. The van der Waals surface area contributed by atoms with E-state index in [1.165, 1.54) is 0 Å². The third-order valence-electron chi connectivity index (χ3n) is 2.52. The number of nitriles is 1. The zero-order chi connectivity index (χ0) is 12.8. The third kappa shape index (κ3) is 2.88. The van der Waals surface area contributed by atoms with Crippen molar-refractivity contribution < 1.29 is 4.42 Å². The molecule has 0 aliphatic rings. The van der Waals surface area contributed by atoms with Gasteiger partial charge in [-0.2, -0.15) is 5.26 Å². The lowest BCUT2D eigenvalue weighted by atomic mass is 10.4. The molecule has 94 valence electrons. The van der Waals surface area contributed by atoms with Gasteiger partial charge in [0.1, 0.15) is 6.07 Å². The maximum atomic E-state index is 8.91. The lowest BCUT2D eigenvalue weighted by molar-refractivity contribution is 0.510. The highest BCUT2D eigenvalue weighted by atomic mass is 16.4. The summed E-state index contributed by atoms with van der Waals surface area (Å²) in [6.45, 7) is 3.55. The van der Waals surface area contributed by atoms with Crippen molar-refractivity contribution in [3.63, 3.8) is 0 Å². The molecule has 0 spiro atoms. The van der Waals surface area contributed by atoms with E-state index in [9.17, 15) is 0 Å². The predicted octanol–water partition coefficient (Wildman–Crippen LogP) is 1.81. The summed E-state index contributed by atoms with van der Waals surface area (Å²) in [5.41, 5.74) is 0.328. The predicted molar refractivity (Wildman–Crippen MR) is 65.9 cm³/mol. The van der Waals surface area contributed by atoms with Gasteiger partial charge < -0.3 is 14.3 Å². The van der Waals surface area contributed by atoms with E-state index in [4.69, 9.17) is 9.68 Å². The van der Waals surface area contributed by atoms with Gasteiger partial charge in [-0.15, -0.1) is 0 Å². The quantitative estimate of drug-likeness (QED) is 0.785. The number of aryl methyl sites for hydroxylation is 2.